The Labute approximate surface area is 143 Å². The van der Waals surface area contributed by atoms with Crippen LogP contribution in [-0.2, 0) is 0 Å². The summed E-state index contributed by atoms with van der Waals surface area (Å²) in [5.74, 6) is 1.05. The number of fused-ring (bicyclic) bond motifs is 2. The third-order valence-corrected chi connectivity index (χ3v) is 5.36. The lowest BCUT2D eigenvalue weighted by Gasteiger charge is -2.06. The second-order valence-corrected chi connectivity index (χ2v) is 6.65. The van der Waals surface area contributed by atoms with Crippen LogP contribution in [0.15, 0.2) is 54.1 Å². The Morgan fingerprint density at radius 2 is 1.21 bits per heavy atom. The minimum atomic E-state index is 0.169. The average Bonchev–Trinajstić information content (AvgIpc) is 2.98. The molecule has 24 heavy (non-hydrogen) atoms. The first kappa shape index (κ1) is 16.4. The zero-order valence-electron chi connectivity index (χ0n) is 14.6. The maximum atomic E-state index is 11.6. The summed E-state index contributed by atoms with van der Waals surface area (Å²) in [5, 5.41) is 0. The predicted molar refractivity (Wildman–Crippen MR) is 97.4 cm³/mol. The van der Waals surface area contributed by atoms with Crippen LogP contribution in [-0.4, -0.2) is 11.6 Å². The number of rotatable bonds is 0. The summed E-state index contributed by atoms with van der Waals surface area (Å²) >= 11 is 0. The minimum Gasteiger partial charge on any atom is -0.294 e. The Balaban J connectivity index is 0.000000141. The summed E-state index contributed by atoms with van der Waals surface area (Å²) in [7, 11) is 0. The lowest BCUT2D eigenvalue weighted by molar-refractivity contribution is 0.0936. The van der Waals surface area contributed by atoms with Gasteiger partial charge in [0.05, 0.1) is 0 Å². The van der Waals surface area contributed by atoms with Crippen molar-refractivity contribution in [2.45, 2.75) is 33.6 Å². The van der Waals surface area contributed by atoms with E-state index in [4.69, 9.17) is 0 Å². The highest BCUT2D eigenvalue weighted by Crippen LogP contribution is 2.36. The van der Waals surface area contributed by atoms with Gasteiger partial charge in [-0.15, -0.1) is 0 Å². The van der Waals surface area contributed by atoms with Crippen LogP contribution in [0.3, 0.4) is 0 Å². The molecule has 2 unspecified atom stereocenters. The van der Waals surface area contributed by atoms with Crippen molar-refractivity contribution in [1.82, 2.24) is 0 Å². The fourth-order valence-corrected chi connectivity index (χ4v) is 3.44. The van der Waals surface area contributed by atoms with Crippen molar-refractivity contribution >= 4 is 17.1 Å². The molecular formula is C22H22O2. The van der Waals surface area contributed by atoms with Gasteiger partial charge in [-0.1, -0.05) is 62.4 Å². The van der Waals surface area contributed by atoms with Gasteiger partial charge in [-0.2, -0.15) is 0 Å². The topological polar surface area (TPSA) is 34.1 Å². The number of hydrogen-bond acceptors (Lipinski definition) is 2. The molecule has 0 aromatic heterocycles. The summed E-state index contributed by atoms with van der Waals surface area (Å²) in [6, 6.07) is 15.7. The van der Waals surface area contributed by atoms with Gasteiger partial charge in [0.1, 0.15) is 0 Å². The number of allylic oxidation sites excluding steroid dienone is 2. The molecule has 0 spiro atoms. The van der Waals surface area contributed by atoms with Gasteiger partial charge in [0, 0.05) is 22.6 Å². The minimum absolute atomic E-state index is 0.169. The highest BCUT2D eigenvalue weighted by Gasteiger charge is 2.32. The largest absolute Gasteiger partial charge is 0.294 e. The van der Waals surface area contributed by atoms with Crippen molar-refractivity contribution in [1.29, 1.82) is 0 Å². The maximum absolute atomic E-state index is 11.6. The SMILES string of the molecule is CC1=C(C)c2ccccc2C1=O.CC1C(=O)c2ccccc2C1C. The van der Waals surface area contributed by atoms with Crippen molar-refractivity contribution in [3.05, 3.63) is 76.4 Å². The number of Topliss-reactive ketones (excluding diaryl/α,β-unsaturated/α-hetero) is 2. The summed E-state index contributed by atoms with van der Waals surface area (Å²) in [5.41, 5.74) is 6.10. The number of ketones is 2. The predicted octanol–water partition coefficient (Wildman–Crippen LogP) is 5.30. The first-order valence-electron chi connectivity index (χ1n) is 8.38. The number of hydrogen-bond donors (Lipinski definition) is 0. The molecule has 0 saturated carbocycles. The third kappa shape index (κ3) is 2.52. The molecule has 2 aromatic carbocycles. The molecule has 0 N–H and O–H groups in total. The van der Waals surface area contributed by atoms with Gasteiger partial charge in [-0.3, -0.25) is 9.59 Å². The summed E-state index contributed by atoms with van der Waals surface area (Å²) < 4.78 is 0. The highest BCUT2D eigenvalue weighted by atomic mass is 16.1. The van der Waals surface area contributed by atoms with E-state index >= 15 is 0 Å². The van der Waals surface area contributed by atoms with Crippen molar-refractivity contribution in [2.24, 2.45) is 5.92 Å². The van der Waals surface area contributed by atoms with E-state index in [2.05, 4.69) is 13.0 Å². The molecule has 0 bridgehead atoms. The zero-order chi connectivity index (χ0) is 17.4. The molecule has 0 fully saturated rings. The molecule has 0 saturated heterocycles. The molecule has 2 nitrogen and oxygen atoms in total. The zero-order valence-corrected chi connectivity index (χ0v) is 14.6. The third-order valence-electron chi connectivity index (χ3n) is 5.36. The van der Waals surface area contributed by atoms with E-state index in [1.165, 1.54) is 5.56 Å². The van der Waals surface area contributed by atoms with Gasteiger partial charge in [0.2, 0.25) is 0 Å². The molecule has 4 rings (SSSR count). The summed E-state index contributed by atoms with van der Waals surface area (Å²) in [4.78, 5) is 23.2. The quantitative estimate of drug-likeness (QED) is 0.660. The first-order valence-corrected chi connectivity index (χ1v) is 8.38. The van der Waals surface area contributed by atoms with E-state index in [0.717, 1.165) is 27.8 Å². The van der Waals surface area contributed by atoms with Crippen LogP contribution >= 0.6 is 0 Å². The summed E-state index contributed by atoms with van der Waals surface area (Å²) in [6.45, 7) is 8.01. The smallest absolute Gasteiger partial charge is 0.189 e. The first-order chi connectivity index (χ1) is 11.4. The van der Waals surface area contributed by atoms with E-state index < -0.39 is 0 Å². The fraction of sp³-hybridized carbons (Fsp3) is 0.273. The standard InChI is InChI=1S/C11H12O.C11H10O/c2*1-7-8(2)11(12)10-6-4-3-5-9(7)10/h3-8H,1-2H3;3-6H,1-2H3. The second-order valence-electron chi connectivity index (χ2n) is 6.65. The summed E-state index contributed by atoms with van der Waals surface area (Å²) in [6.07, 6.45) is 0. The van der Waals surface area contributed by atoms with Gasteiger partial charge < -0.3 is 0 Å². The molecule has 122 valence electrons. The van der Waals surface area contributed by atoms with Crippen LogP contribution in [0.4, 0.5) is 0 Å². The van der Waals surface area contributed by atoms with E-state index in [0.29, 0.717) is 11.7 Å². The number of carbonyl (C=O) groups excluding carboxylic acids is 2. The van der Waals surface area contributed by atoms with Crippen molar-refractivity contribution < 1.29 is 9.59 Å². The fourth-order valence-electron chi connectivity index (χ4n) is 3.44. The Morgan fingerprint density at radius 3 is 1.79 bits per heavy atom. The molecule has 2 atom stereocenters. The normalized spacial score (nSPS) is 21.3. The van der Waals surface area contributed by atoms with Crippen LogP contribution < -0.4 is 0 Å². The Hall–Kier alpha value is -2.48. The molecular weight excluding hydrogens is 296 g/mol. The lowest BCUT2D eigenvalue weighted by atomic mass is 9.96. The Morgan fingerprint density at radius 1 is 0.667 bits per heavy atom. The molecule has 2 aromatic rings. The molecule has 0 aliphatic heterocycles. The van der Waals surface area contributed by atoms with Gasteiger partial charge >= 0.3 is 0 Å². The van der Waals surface area contributed by atoms with Crippen LogP contribution in [0.2, 0.25) is 0 Å². The van der Waals surface area contributed by atoms with Crippen LogP contribution in [0, 0.1) is 5.92 Å². The maximum Gasteiger partial charge on any atom is 0.189 e. The van der Waals surface area contributed by atoms with Gasteiger partial charge in [0.25, 0.3) is 0 Å². The van der Waals surface area contributed by atoms with E-state index in [1.54, 1.807) is 0 Å². The average molecular weight is 318 g/mol. The van der Waals surface area contributed by atoms with Crippen LogP contribution in [0.1, 0.15) is 65.5 Å². The molecule has 0 heterocycles. The monoisotopic (exact) mass is 318 g/mol. The number of benzene rings is 2. The molecule has 2 heteroatoms. The van der Waals surface area contributed by atoms with Crippen molar-refractivity contribution in [2.75, 3.05) is 0 Å². The molecule has 2 aliphatic carbocycles. The van der Waals surface area contributed by atoms with Crippen LogP contribution in [0.25, 0.3) is 5.57 Å². The number of carbonyl (C=O) groups is 2. The highest BCUT2D eigenvalue weighted by molar-refractivity contribution is 6.19. The van der Waals surface area contributed by atoms with E-state index in [9.17, 15) is 9.59 Å². The molecule has 2 aliphatic rings. The van der Waals surface area contributed by atoms with Gasteiger partial charge in [-0.25, -0.2) is 0 Å². The van der Waals surface area contributed by atoms with Gasteiger partial charge in [0.15, 0.2) is 11.6 Å². The van der Waals surface area contributed by atoms with Gasteiger partial charge in [-0.05, 0) is 36.5 Å². The van der Waals surface area contributed by atoms with Crippen LogP contribution in [0.5, 0.6) is 0 Å². The van der Waals surface area contributed by atoms with Crippen molar-refractivity contribution in [3.8, 4) is 0 Å². The Bertz CT molecular complexity index is 852. The van der Waals surface area contributed by atoms with Crippen molar-refractivity contribution in [3.63, 3.8) is 0 Å². The Kier molecular flexibility index (Phi) is 4.23. The second kappa shape index (κ2) is 6.20. The molecule has 0 radical (unpaired) electrons. The van der Waals surface area contributed by atoms with E-state index in [-0.39, 0.29) is 11.7 Å². The van der Waals surface area contributed by atoms with E-state index in [1.807, 2.05) is 63.2 Å². The molecule has 0 amide bonds. The lowest BCUT2D eigenvalue weighted by Crippen LogP contribution is -2.06.